The second-order valence-electron chi connectivity index (χ2n) is 9.63. The summed E-state index contributed by atoms with van der Waals surface area (Å²) in [5.74, 6) is -5.17. The van der Waals surface area contributed by atoms with E-state index in [1.807, 2.05) is 24.4 Å². The van der Waals surface area contributed by atoms with Crippen molar-refractivity contribution in [3.05, 3.63) is 29.8 Å². The van der Waals surface area contributed by atoms with E-state index in [0.29, 0.717) is 24.9 Å². The molecule has 5 amide bonds. The first kappa shape index (κ1) is 36.8. The quantitative estimate of drug-likeness (QED) is 0.0444. The molecule has 17 heteroatoms. The zero-order valence-corrected chi connectivity index (χ0v) is 24.7. The van der Waals surface area contributed by atoms with Crippen LogP contribution in [-0.4, -0.2) is 91.1 Å². The minimum Gasteiger partial charge on any atom is -0.480 e. The standard InChI is InChI=1S/C26H40N6O10S/c1-2-13-28-18-8-6-17(7-9-18)24(36)29-14-4-3-5-19(23(27)35)31-22(34)11-10-21(26(38)39)32-25(37)20(30-16-33)12-15-43(40,41)42/h6-9,16,19-21,28H,2-5,10-15H2,1H3,(H2,27,35)(H,29,36)(H,30,33)(H,31,34)(H,32,37)(H,38,39)(H,40,41,42)/t19-,20-,21-/m0/s1. The Kier molecular flexibility index (Phi) is 16.3. The lowest BCUT2D eigenvalue weighted by Gasteiger charge is -2.20. The number of unbranched alkanes of at least 4 members (excludes halogenated alkanes) is 1. The van der Waals surface area contributed by atoms with E-state index in [-0.39, 0.29) is 18.7 Å². The summed E-state index contributed by atoms with van der Waals surface area (Å²) in [5.41, 5.74) is 6.79. The van der Waals surface area contributed by atoms with Crippen LogP contribution >= 0.6 is 0 Å². The zero-order chi connectivity index (χ0) is 32.4. The van der Waals surface area contributed by atoms with Crippen LogP contribution < -0.4 is 32.3 Å². The number of hydrogen-bond donors (Lipinski definition) is 8. The minimum absolute atomic E-state index is 0.111. The molecule has 1 aromatic rings. The molecule has 240 valence electrons. The molecule has 0 aromatic heterocycles. The first-order valence-electron chi connectivity index (χ1n) is 13.7. The van der Waals surface area contributed by atoms with Gasteiger partial charge in [0, 0.05) is 30.8 Å². The fourth-order valence-corrected chi connectivity index (χ4v) is 4.32. The molecule has 43 heavy (non-hydrogen) atoms. The molecular formula is C26H40N6O10S. The topological polar surface area (TPSA) is 263 Å². The SMILES string of the molecule is CCCNc1ccc(C(=O)NCCCC[C@H](NC(=O)CC[C@H](NC(=O)[C@H](CCS(=O)(=O)O)NC=O)C(=O)O)C(N)=O)cc1. The van der Waals surface area contributed by atoms with Crippen LogP contribution in [0.4, 0.5) is 5.69 Å². The highest BCUT2D eigenvalue weighted by Gasteiger charge is 2.27. The van der Waals surface area contributed by atoms with E-state index in [0.717, 1.165) is 18.7 Å². The maximum absolute atomic E-state index is 12.4. The normalized spacial score (nSPS) is 13.1. The number of benzene rings is 1. The van der Waals surface area contributed by atoms with Crippen molar-refractivity contribution in [3.63, 3.8) is 0 Å². The third kappa shape index (κ3) is 15.5. The molecule has 0 fully saturated rings. The number of amides is 5. The van der Waals surface area contributed by atoms with Crippen molar-refractivity contribution in [3.8, 4) is 0 Å². The monoisotopic (exact) mass is 628 g/mol. The molecule has 0 aliphatic carbocycles. The second-order valence-corrected chi connectivity index (χ2v) is 11.2. The highest BCUT2D eigenvalue weighted by Crippen LogP contribution is 2.10. The number of carbonyl (C=O) groups is 6. The first-order chi connectivity index (χ1) is 20.3. The molecule has 0 unspecified atom stereocenters. The van der Waals surface area contributed by atoms with Crippen LogP contribution in [0.2, 0.25) is 0 Å². The first-order valence-corrected chi connectivity index (χ1v) is 15.3. The highest BCUT2D eigenvalue weighted by molar-refractivity contribution is 7.85. The number of aliphatic carboxylic acids is 1. The van der Waals surface area contributed by atoms with Crippen LogP contribution in [0.15, 0.2) is 24.3 Å². The Morgan fingerprint density at radius 1 is 0.930 bits per heavy atom. The number of hydrogen-bond acceptors (Lipinski definition) is 9. The number of carbonyl (C=O) groups excluding carboxylic acids is 5. The summed E-state index contributed by atoms with van der Waals surface area (Å²) >= 11 is 0. The predicted molar refractivity (Wildman–Crippen MR) is 155 cm³/mol. The summed E-state index contributed by atoms with van der Waals surface area (Å²) in [6.45, 7) is 3.19. The van der Waals surface area contributed by atoms with Gasteiger partial charge in [-0.1, -0.05) is 6.92 Å². The zero-order valence-electron chi connectivity index (χ0n) is 23.8. The van der Waals surface area contributed by atoms with Gasteiger partial charge >= 0.3 is 5.97 Å². The van der Waals surface area contributed by atoms with E-state index in [2.05, 4.69) is 21.3 Å². The Labute approximate surface area is 249 Å². The van der Waals surface area contributed by atoms with Crippen molar-refractivity contribution in [1.29, 1.82) is 0 Å². The van der Waals surface area contributed by atoms with Crippen LogP contribution in [0.3, 0.4) is 0 Å². The van der Waals surface area contributed by atoms with Crippen LogP contribution in [0, 0.1) is 0 Å². The molecule has 0 radical (unpaired) electrons. The molecule has 0 heterocycles. The number of nitrogens with two attached hydrogens (primary N) is 1. The fraction of sp³-hybridized carbons (Fsp3) is 0.538. The number of primary amides is 1. The van der Waals surface area contributed by atoms with Gasteiger partial charge in [-0.25, -0.2) is 4.79 Å². The second kappa shape index (κ2) is 19.0. The Balaban J connectivity index is 2.51. The third-order valence-electron chi connectivity index (χ3n) is 6.13. The average Bonchev–Trinajstić information content (AvgIpc) is 2.94. The van der Waals surface area contributed by atoms with Gasteiger partial charge in [-0.3, -0.25) is 28.5 Å². The van der Waals surface area contributed by atoms with Crippen molar-refractivity contribution < 1.29 is 46.8 Å². The number of carboxylic acids is 1. The Hall–Kier alpha value is -4.25. The van der Waals surface area contributed by atoms with Crippen molar-refractivity contribution in [2.45, 2.75) is 70.0 Å². The molecule has 0 spiro atoms. The molecular weight excluding hydrogens is 588 g/mol. The highest BCUT2D eigenvalue weighted by atomic mass is 32.2. The van der Waals surface area contributed by atoms with Gasteiger partial charge in [-0.15, -0.1) is 0 Å². The molecule has 0 bridgehead atoms. The smallest absolute Gasteiger partial charge is 0.326 e. The summed E-state index contributed by atoms with van der Waals surface area (Å²) in [7, 11) is -4.45. The van der Waals surface area contributed by atoms with Gasteiger partial charge in [-0.05, 0) is 62.8 Å². The maximum Gasteiger partial charge on any atom is 0.326 e. The third-order valence-corrected chi connectivity index (χ3v) is 6.89. The number of carboxylic acid groups (broad SMARTS) is 1. The van der Waals surface area contributed by atoms with Crippen LogP contribution in [0.1, 0.15) is 62.2 Å². The molecule has 9 N–H and O–H groups in total. The Morgan fingerprint density at radius 3 is 2.16 bits per heavy atom. The summed E-state index contributed by atoms with van der Waals surface area (Å²) in [6, 6.07) is 2.95. The van der Waals surface area contributed by atoms with Crippen LogP contribution in [0.25, 0.3) is 0 Å². The number of anilines is 1. The molecule has 3 atom stereocenters. The number of rotatable bonds is 22. The molecule has 0 saturated heterocycles. The lowest BCUT2D eigenvalue weighted by atomic mass is 10.1. The number of nitrogens with one attached hydrogen (secondary N) is 5. The van der Waals surface area contributed by atoms with Gasteiger partial charge < -0.3 is 37.4 Å². The molecule has 1 rings (SSSR count). The summed E-state index contributed by atoms with van der Waals surface area (Å²) in [5, 5.41) is 22.0. The van der Waals surface area contributed by atoms with Gasteiger partial charge in [-0.2, -0.15) is 8.42 Å². The van der Waals surface area contributed by atoms with E-state index in [1.54, 1.807) is 12.1 Å². The lowest BCUT2D eigenvalue weighted by Crippen LogP contribution is -2.51. The summed E-state index contributed by atoms with van der Waals surface area (Å²) in [6.07, 6.45) is 0.832. The molecule has 1 aromatic carbocycles. The van der Waals surface area contributed by atoms with Crippen molar-refractivity contribution in [2.24, 2.45) is 5.73 Å². The van der Waals surface area contributed by atoms with Gasteiger partial charge in [0.1, 0.15) is 18.1 Å². The molecule has 0 aliphatic rings. The van der Waals surface area contributed by atoms with E-state index < -0.39 is 76.9 Å². The van der Waals surface area contributed by atoms with E-state index in [9.17, 15) is 42.3 Å². The van der Waals surface area contributed by atoms with E-state index in [1.165, 1.54) is 0 Å². The summed E-state index contributed by atoms with van der Waals surface area (Å²) < 4.78 is 30.7. The largest absolute Gasteiger partial charge is 0.480 e. The van der Waals surface area contributed by atoms with Crippen molar-refractivity contribution >= 4 is 51.8 Å². The Bertz CT molecular complexity index is 1210. The fourth-order valence-electron chi connectivity index (χ4n) is 3.78. The lowest BCUT2D eigenvalue weighted by molar-refractivity contribution is -0.142. The minimum atomic E-state index is -4.45. The summed E-state index contributed by atoms with van der Waals surface area (Å²) in [4.78, 5) is 71.2. The van der Waals surface area contributed by atoms with Gasteiger partial charge in [0.15, 0.2) is 0 Å². The molecule has 0 aliphatic heterocycles. The maximum atomic E-state index is 12.4. The molecule has 0 saturated carbocycles. The van der Waals surface area contributed by atoms with Crippen molar-refractivity contribution in [2.75, 3.05) is 24.2 Å². The predicted octanol–water partition coefficient (Wildman–Crippen LogP) is -0.879. The van der Waals surface area contributed by atoms with Gasteiger partial charge in [0.05, 0.1) is 5.75 Å². The van der Waals surface area contributed by atoms with Crippen LogP contribution in [-0.2, 0) is 34.1 Å². The van der Waals surface area contributed by atoms with Gasteiger partial charge in [0.25, 0.3) is 16.0 Å². The van der Waals surface area contributed by atoms with E-state index in [4.69, 9.17) is 10.3 Å². The van der Waals surface area contributed by atoms with Crippen LogP contribution in [0.5, 0.6) is 0 Å². The van der Waals surface area contributed by atoms with E-state index >= 15 is 0 Å². The van der Waals surface area contributed by atoms with Crippen molar-refractivity contribution in [1.82, 2.24) is 21.3 Å². The molecule has 16 nitrogen and oxygen atoms in total. The Morgan fingerprint density at radius 2 is 1.60 bits per heavy atom. The average molecular weight is 629 g/mol. The van der Waals surface area contributed by atoms with Gasteiger partial charge in [0.2, 0.25) is 24.1 Å².